The standard InChI is InChI=1S/C21H23N3O2/c1-22(14-16-7-3-2-4-8-16)11-12-23-20(25)19-13-17-9-5-6-10-18(17)15-24(19)21(23)26/h2-10,19H,11-15H2,1H3/t19-/m0/s1. The predicted octanol–water partition coefficient (Wildman–Crippen LogP) is 2.51. The van der Waals surface area contributed by atoms with Crippen molar-refractivity contribution >= 4 is 11.9 Å². The summed E-state index contributed by atoms with van der Waals surface area (Å²) in [5.41, 5.74) is 3.55. The molecule has 134 valence electrons. The van der Waals surface area contributed by atoms with Gasteiger partial charge in [0, 0.05) is 32.6 Å². The van der Waals surface area contributed by atoms with E-state index in [0.717, 1.165) is 12.1 Å². The van der Waals surface area contributed by atoms with Crippen LogP contribution < -0.4 is 0 Å². The molecular formula is C21H23N3O2. The number of rotatable bonds is 5. The molecule has 5 nitrogen and oxygen atoms in total. The molecule has 2 aliphatic heterocycles. The van der Waals surface area contributed by atoms with Gasteiger partial charge >= 0.3 is 6.03 Å². The zero-order valence-electron chi connectivity index (χ0n) is 15.0. The summed E-state index contributed by atoms with van der Waals surface area (Å²) in [5, 5.41) is 0. The lowest BCUT2D eigenvalue weighted by molar-refractivity contribution is -0.128. The number of fused-ring (bicyclic) bond motifs is 2. The summed E-state index contributed by atoms with van der Waals surface area (Å²) in [4.78, 5) is 30.8. The fraction of sp³-hybridized carbons (Fsp3) is 0.333. The van der Waals surface area contributed by atoms with E-state index in [4.69, 9.17) is 0 Å². The van der Waals surface area contributed by atoms with Crippen LogP contribution in [0.15, 0.2) is 54.6 Å². The van der Waals surface area contributed by atoms with Gasteiger partial charge in [-0.3, -0.25) is 9.69 Å². The van der Waals surface area contributed by atoms with Crippen molar-refractivity contribution in [3.05, 3.63) is 71.3 Å². The molecule has 2 aromatic carbocycles. The fourth-order valence-electron chi connectivity index (χ4n) is 3.82. The molecule has 3 amide bonds. The molecule has 26 heavy (non-hydrogen) atoms. The monoisotopic (exact) mass is 349 g/mol. The van der Waals surface area contributed by atoms with Crippen molar-refractivity contribution < 1.29 is 9.59 Å². The molecule has 2 heterocycles. The first kappa shape index (κ1) is 16.8. The SMILES string of the molecule is CN(CCN1C(=O)[C@@H]2Cc3ccccc3CN2C1=O)Cc1ccccc1. The third kappa shape index (κ3) is 3.10. The van der Waals surface area contributed by atoms with E-state index in [2.05, 4.69) is 23.1 Å². The summed E-state index contributed by atoms with van der Waals surface area (Å²) in [6, 6.07) is 17.8. The van der Waals surface area contributed by atoms with Gasteiger partial charge in [0.15, 0.2) is 0 Å². The van der Waals surface area contributed by atoms with Crippen molar-refractivity contribution in [2.24, 2.45) is 0 Å². The topological polar surface area (TPSA) is 43.9 Å². The lowest BCUT2D eigenvalue weighted by Gasteiger charge is -2.28. The van der Waals surface area contributed by atoms with Crippen LogP contribution >= 0.6 is 0 Å². The second-order valence-electron chi connectivity index (χ2n) is 7.11. The third-order valence-corrected chi connectivity index (χ3v) is 5.28. The Morgan fingerprint density at radius 2 is 1.69 bits per heavy atom. The number of urea groups is 1. The molecule has 1 saturated heterocycles. The van der Waals surface area contributed by atoms with Crippen molar-refractivity contribution in [3.63, 3.8) is 0 Å². The first-order valence-corrected chi connectivity index (χ1v) is 9.05. The number of nitrogens with zero attached hydrogens (tertiary/aromatic N) is 3. The Bertz CT molecular complexity index is 778. The molecule has 2 aromatic rings. The van der Waals surface area contributed by atoms with Crippen LogP contribution in [0, 0.1) is 0 Å². The highest BCUT2D eigenvalue weighted by Gasteiger charge is 2.46. The summed E-state index contributed by atoms with van der Waals surface area (Å²) in [6.45, 7) is 2.43. The average molecular weight is 349 g/mol. The smallest absolute Gasteiger partial charge is 0.308 e. The van der Waals surface area contributed by atoms with Gasteiger partial charge in [0.1, 0.15) is 6.04 Å². The maximum atomic E-state index is 12.8. The Morgan fingerprint density at radius 1 is 1.00 bits per heavy atom. The maximum absolute atomic E-state index is 12.8. The van der Waals surface area contributed by atoms with Gasteiger partial charge in [-0.25, -0.2) is 4.79 Å². The van der Waals surface area contributed by atoms with Crippen molar-refractivity contribution in [2.75, 3.05) is 20.1 Å². The van der Waals surface area contributed by atoms with Crippen LogP contribution in [-0.4, -0.2) is 52.8 Å². The Balaban J connectivity index is 1.40. The van der Waals surface area contributed by atoms with Crippen LogP contribution in [-0.2, 0) is 24.3 Å². The lowest BCUT2D eigenvalue weighted by atomic mass is 9.95. The number of hydrogen-bond acceptors (Lipinski definition) is 3. The minimum absolute atomic E-state index is 0.0578. The summed E-state index contributed by atoms with van der Waals surface area (Å²) in [6.07, 6.45) is 0.622. The van der Waals surface area contributed by atoms with Crippen LogP contribution in [0.25, 0.3) is 0 Å². The minimum atomic E-state index is -0.336. The molecule has 5 heteroatoms. The van der Waals surface area contributed by atoms with Gasteiger partial charge in [0.2, 0.25) is 0 Å². The number of carbonyl (C=O) groups is 2. The summed E-state index contributed by atoms with van der Waals surface area (Å²) in [7, 11) is 2.02. The molecule has 0 radical (unpaired) electrons. The highest BCUT2D eigenvalue weighted by atomic mass is 16.2. The third-order valence-electron chi connectivity index (χ3n) is 5.28. The van der Waals surface area contributed by atoms with Gasteiger partial charge in [-0.1, -0.05) is 54.6 Å². The van der Waals surface area contributed by atoms with Crippen molar-refractivity contribution in [1.29, 1.82) is 0 Å². The van der Waals surface area contributed by atoms with Crippen LogP contribution in [0.3, 0.4) is 0 Å². The molecule has 1 fully saturated rings. The van der Waals surface area contributed by atoms with E-state index in [1.807, 2.05) is 43.4 Å². The molecule has 0 aromatic heterocycles. The average Bonchev–Trinajstić information content (AvgIpc) is 2.89. The van der Waals surface area contributed by atoms with Crippen LogP contribution in [0.2, 0.25) is 0 Å². The summed E-state index contributed by atoms with van der Waals surface area (Å²) in [5.74, 6) is -0.0578. The van der Waals surface area contributed by atoms with E-state index in [-0.39, 0.29) is 18.0 Å². The first-order chi connectivity index (χ1) is 12.6. The van der Waals surface area contributed by atoms with Gasteiger partial charge in [-0.2, -0.15) is 0 Å². The molecular weight excluding hydrogens is 326 g/mol. The number of carbonyl (C=O) groups excluding carboxylic acids is 2. The van der Waals surface area contributed by atoms with Gasteiger partial charge in [0.05, 0.1) is 0 Å². The highest BCUT2D eigenvalue weighted by Crippen LogP contribution is 2.29. The molecule has 0 unspecified atom stereocenters. The number of amides is 3. The summed E-state index contributed by atoms with van der Waals surface area (Å²) < 4.78 is 0. The molecule has 0 bridgehead atoms. The molecule has 0 spiro atoms. The van der Waals surface area contributed by atoms with Crippen molar-refractivity contribution in [2.45, 2.75) is 25.6 Å². The van der Waals surface area contributed by atoms with Gasteiger partial charge in [-0.05, 0) is 23.7 Å². The van der Waals surface area contributed by atoms with Crippen molar-refractivity contribution in [3.8, 4) is 0 Å². The number of hydrogen-bond donors (Lipinski definition) is 0. The Labute approximate surface area is 153 Å². The number of benzene rings is 2. The fourth-order valence-corrected chi connectivity index (χ4v) is 3.82. The van der Waals surface area contributed by atoms with Crippen molar-refractivity contribution in [1.82, 2.24) is 14.7 Å². The van der Waals surface area contributed by atoms with E-state index in [1.54, 1.807) is 4.90 Å². The maximum Gasteiger partial charge on any atom is 0.327 e. The normalized spacial score (nSPS) is 19.1. The highest BCUT2D eigenvalue weighted by molar-refractivity contribution is 6.04. The Morgan fingerprint density at radius 3 is 2.46 bits per heavy atom. The van der Waals surface area contributed by atoms with E-state index in [1.165, 1.54) is 16.0 Å². The zero-order chi connectivity index (χ0) is 18.1. The van der Waals surface area contributed by atoms with E-state index >= 15 is 0 Å². The molecule has 0 saturated carbocycles. The Kier molecular flexibility index (Phi) is 4.47. The van der Waals surface area contributed by atoms with Crippen LogP contribution in [0.5, 0.6) is 0 Å². The van der Waals surface area contributed by atoms with Gasteiger partial charge in [0.25, 0.3) is 5.91 Å². The van der Waals surface area contributed by atoms with E-state index < -0.39 is 0 Å². The van der Waals surface area contributed by atoms with E-state index in [0.29, 0.717) is 26.1 Å². The van der Waals surface area contributed by atoms with Gasteiger partial charge < -0.3 is 9.80 Å². The molecule has 0 N–H and O–H groups in total. The molecule has 4 rings (SSSR count). The molecule has 0 aliphatic carbocycles. The second-order valence-corrected chi connectivity index (χ2v) is 7.11. The molecule has 2 aliphatic rings. The van der Waals surface area contributed by atoms with Crippen LogP contribution in [0.4, 0.5) is 4.79 Å². The lowest BCUT2D eigenvalue weighted by Crippen LogP contribution is -2.40. The largest absolute Gasteiger partial charge is 0.327 e. The quantitative estimate of drug-likeness (QED) is 0.779. The predicted molar refractivity (Wildman–Crippen MR) is 99.4 cm³/mol. The minimum Gasteiger partial charge on any atom is -0.308 e. The van der Waals surface area contributed by atoms with Gasteiger partial charge in [-0.15, -0.1) is 0 Å². The van der Waals surface area contributed by atoms with Crippen LogP contribution in [0.1, 0.15) is 16.7 Å². The number of likely N-dealkylation sites (N-methyl/N-ethyl adjacent to an activating group) is 1. The zero-order valence-corrected chi connectivity index (χ0v) is 15.0. The van der Waals surface area contributed by atoms with E-state index in [9.17, 15) is 9.59 Å². The Hall–Kier alpha value is -2.66. The number of imide groups is 1. The molecule has 1 atom stereocenters. The summed E-state index contributed by atoms with van der Waals surface area (Å²) >= 11 is 0. The first-order valence-electron chi connectivity index (χ1n) is 9.05. The second kappa shape index (κ2) is 6.92.